The van der Waals surface area contributed by atoms with Crippen LogP contribution in [0.1, 0.15) is 51.8 Å². The zero-order valence-corrected chi connectivity index (χ0v) is 20.4. The highest BCUT2D eigenvalue weighted by atomic mass is 32.2. The summed E-state index contributed by atoms with van der Waals surface area (Å²) in [5, 5.41) is 9.37. The summed E-state index contributed by atoms with van der Waals surface area (Å²) in [5.74, 6) is 0.0324. The van der Waals surface area contributed by atoms with Crippen LogP contribution >= 0.6 is 0 Å². The van der Waals surface area contributed by atoms with Gasteiger partial charge in [0.2, 0.25) is 5.91 Å². The summed E-state index contributed by atoms with van der Waals surface area (Å²) in [5.41, 5.74) is -1.01. The molecule has 0 spiro atoms. The second-order valence-corrected chi connectivity index (χ2v) is 11.3. The molecule has 33 heavy (non-hydrogen) atoms. The number of carbonyl (C=O) groups is 2. The minimum Gasteiger partial charge on any atom is -0.485 e. The highest BCUT2D eigenvalue weighted by molar-refractivity contribution is 7.86. The van der Waals surface area contributed by atoms with Gasteiger partial charge < -0.3 is 14.4 Å². The van der Waals surface area contributed by atoms with Crippen molar-refractivity contribution in [1.82, 2.24) is 9.80 Å². The first-order valence-corrected chi connectivity index (χ1v) is 12.3. The van der Waals surface area contributed by atoms with Crippen molar-refractivity contribution in [3.05, 3.63) is 29.3 Å². The summed E-state index contributed by atoms with van der Waals surface area (Å²) in [6.45, 7) is 8.66. The van der Waals surface area contributed by atoms with Crippen LogP contribution in [-0.2, 0) is 23.8 Å². The van der Waals surface area contributed by atoms with Gasteiger partial charge in [0.25, 0.3) is 10.1 Å². The van der Waals surface area contributed by atoms with E-state index in [0.29, 0.717) is 16.9 Å². The number of benzene rings is 1. The molecule has 0 radical (unpaired) electrons. The van der Waals surface area contributed by atoms with E-state index in [1.54, 1.807) is 52.8 Å². The Kier molecular flexibility index (Phi) is 6.39. The first-order chi connectivity index (χ1) is 15.1. The van der Waals surface area contributed by atoms with Crippen molar-refractivity contribution < 1.29 is 31.7 Å². The molecule has 2 aliphatic heterocycles. The molecular weight excluding hydrogens is 450 g/mol. The first-order valence-electron chi connectivity index (χ1n) is 10.5. The van der Waals surface area contributed by atoms with E-state index in [-0.39, 0.29) is 19.6 Å². The van der Waals surface area contributed by atoms with E-state index >= 15 is 0 Å². The third kappa shape index (κ3) is 5.57. The molecule has 2 aliphatic rings. The van der Waals surface area contributed by atoms with Crippen LogP contribution in [0.4, 0.5) is 4.79 Å². The maximum absolute atomic E-state index is 13.2. The van der Waals surface area contributed by atoms with Gasteiger partial charge in [-0.3, -0.25) is 13.9 Å². The quantitative estimate of drug-likeness (QED) is 0.604. The Morgan fingerprint density at radius 3 is 2.48 bits per heavy atom. The number of nitriles is 1. The van der Waals surface area contributed by atoms with Crippen molar-refractivity contribution in [2.75, 3.05) is 25.9 Å². The fraction of sp³-hybridized carbons (Fsp3) is 0.591. The smallest absolute Gasteiger partial charge is 0.410 e. The molecule has 2 atom stereocenters. The molecular formula is C22H29N3O7S. The zero-order valence-electron chi connectivity index (χ0n) is 19.6. The summed E-state index contributed by atoms with van der Waals surface area (Å²) < 4.78 is 41.0. The Morgan fingerprint density at radius 1 is 1.27 bits per heavy atom. The lowest BCUT2D eigenvalue weighted by Gasteiger charge is -2.49. The van der Waals surface area contributed by atoms with E-state index in [4.69, 9.17) is 13.7 Å². The first kappa shape index (κ1) is 24.8. The number of nitrogens with zero attached hydrogens (tertiary/aromatic N) is 3. The molecule has 1 aromatic rings. The van der Waals surface area contributed by atoms with Gasteiger partial charge >= 0.3 is 6.09 Å². The van der Waals surface area contributed by atoms with Gasteiger partial charge in [-0.15, -0.1) is 0 Å². The van der Waals surface area contributed by atoms with Gasteiger partial charge in [-0.1, -0.05) is 0 Å². The van der Waals surface area contributed by atoms with Crippen LogP contribution in [-0.4, -0.2) is 73.4 Å². The van der Waals surface area contributed by atoms with Crippen LogP contribution in [0.25, 0.3) is 0 Å². The van der Waals surface area contributed by atoms with Gasteiger partial charge in [-0.25, -0.2) is 4.79 Å². The van der Waals surface area contributed by atoms with Crippen molar-refractivity contribution in [3.63, 3.8) is 0 Å². The Balaban J connectivity index is 2.00. The maximum Gasteiger partial charge on any atom is 0.410 e. The number of rotatable bonds is 3. The predicted octanol–water partition coefficient (Wildman–Crippen LogP) is 2.19. The molecule has 11 heteroatoms. The second kappa shape index (κ2) is 8.50. The second-order valence-electron chi connectivity index (χ2n) is 9.72. The van der Waals surface area contributed by atoms with E-state index in [9.17, 15) is 23.3 Å². The van der Waals surface area contributed by atoms with Crippen molar-refractivity contribution >= 4 is 22.1 Å². The summed E-state index contributed by atoms with van der Waals surface area (Å²) >= 11 is 0. The van der Waals surface area contributed by atoms with Crippen molar-refractivity contribution in [1.29, 1.82) is 5.26 Å². The van der Waals surface area contributed by atoms with Crippen LogP contribution in [0.5, 0.6) is 5.75 Å². The van der Waals surface area contributed by atoms with E-state index < -0.39 is 45.5 Å². The monoisotopic (exact) mass is 479 g/mol. The normalized spacial score (nSPS) is 22.8. The number of hydrogen-bond donors (Lipinski definition) is 0. The molecule has 10 nitrogen and oxygen atoms in total. The Hall–Kier alpha value is -2.84. The van der Waals surface area contributed by atoms with Crippen LogP contribution in [0.3, 0.4) is 0 Å². The van der Waals surface area contributed by atoms with Gasteiger partial charge in [0.15, 0.2) is 0 Å². The maximum atomic E-state index is 13.2. The average molecular weight is 480 g/mol. The van der Waals surface area contributed by atoms with E-state index in [0.717, 1.165) is 6.26 Å². The molecule has 1 saturated heterocycles. The molecule has 2 heterocycles. The summed E-state index contributed by atoms with van der Waals surface area (Å²) in [4.78, 5) is 28.5. The number of carbonyl (C=O) groups excluding carboxylic acids is 2. The van der Waals surface area contributed by atoms with Gasteiger partial charge in [-0.05, 0) is 52.8 Å². The lowest BCUT2D eigenvalue weighted by atomic mass is 9.84. The lowest BCUT2D eigenvalue weighted by Crippen LogP contribution is -2.61. The minimum absolute atomic E-state index is 0.124. The molecule has 3 rings (SSSR count). The summed E-state index contributed by atoms with van der Waals surface area (Å²) in [7, 11) is -3.91. The zero-order chi connectivity index (χ0) is 24.8. The largest absolute Gasteiger partial charge is 0.485 e. The Morgan fingerprint density at radius 2 is 1.94 bits per heavy atom. The van der Waals surface area contributed by atoms with Gasteiger partial charge in [0.05, 0.1) is 23.9 Å². The van der Waals surface area contributed by atoms with Crippen molar-refractivity contribution in [2.24, 2.45) is 0 Å². The molecule has 0 unspecified atom stereocenters. The molecule has 1 aromatic carbocycles. The summed E-state index contributed by atoms with van der Waals surface area (Å²) in [6, 6.07) is 5.99. The number of amides is 2. The third-order valence-corrected chi connectivity index (χ3v) is 5.88. The topological polar surface area (TPSA) is 126 Å². The molecule has 0 bridgehead atoms. The predicted molar refractivity (Wildman–Crippen MR) is 118 cm³/mol. The van der Waals surface area contributed by atoms with Crippen molar-refractivity contribution in [3.8, 4) is 11.8 Å². The molecule has 180 valence electrons. The fourth-order valence-corrected chi connectivity index (χ4v) is 4.69. The van der Waals surface area contributed by atoms with Gasteiger partial charge in [0, 0.05) is 18.7 Å². The third-order valence-electron chi connectivity index (χ3n) is 5.33. The van der Waals surface area contributed by atoms with Gasteiger partial charge in [-0.2, -0.15) is 13.7 Å². The average Bonchev–Trinajstić information content (AvgIpc) is 2.66. The highest BCUT2D eigenvalue weighted by Gasteiger charge is 2.51. The minimum atomic E-state index is -3.91. The lowest BCUT2D eigenvalue weighted by molar-refractivity contribution is -0.147. The molecule has 0 saturated carbocycles. The SMILES string of the molecule is CC(C)(C)OC(=O)N1CCN([C@@H]2c3cc(C#N)ccc3OC(C)(C)[C@H]2OS(C)(=O)=O)C(=O)C1. The molecule has 1 fully saturated rings. The fourth-order valence-electron chi connectivity index (χ4n) is 3.98. The number of hydrogen-bond acceptors (Lipinski definition) is 8. The van der Waals surface area contributed by atoms with Gasteiger partial charge in [0.1, 0.15) is 29.6 Å². The summed E-state index contributed by atoms with van der Waals surface area (Å²) in [6.07, 6.45) is -0.742. The standard InChI is InChI=1S/C22H29N3O7S/c1-21(2,3)31-20(27)24-9-10-25(17(26)13-24)18-15-11-14(12-23)7-8-16(15)30-22(4,5)19(18)32-33(6,28)29/h7-8,11,18-19H,9-10,13H2,1-6H3/t18-,19+/m1/s1. The molecule has 0 aliphatic carbocycles. The number of piperazine rings is 1. The van der Waals surface area contributed by atoms with Crippen LogP contribution in [0, 0.1) is 11.3 Å². The van der Waals surface area contributed by atoms with E-state index in [1.165, 1.54) is 9.80 Å². The molecule has 0 N–H and O–H groups in total. The number of fused-ring (bicyclic) bond motifs is 1. The highest BCUT2D eigenvalue weighted by Crippen LogP contribution is 2.45. The Labute approximate surface area is 194 Å². The number of ether oxygens (including phenoxy) is 2. The molecule has 0 aromatic heterocycles. The van der Waals surface area contributed by atoms with Crippen LogP contribution in [0.15, 0.2) is 18.2 Å². The molecule has 2 amide bonds. The Bertz CT molecular complexity index is 1100. The van der Waals surface area contributed by atoms with Crippen molar-refractivity contribution in [2.45, 2.75) is 58.0 Å². The van der Waals surface area contributed by atoms with Crippen LogP contribution < -0.4 is 4.74 Å². The van der Waals surface area contributed by atoms with Crippen LogP contribution in [0.2, 0.25) is 0 Å². The van der Waals surface area contributed by atoms with E-state index in [2.05, 4.69) is 6.07 Å². The van der Waals surface area contributed by atoms with E-state index in [1.807, 2.05) is 0 Å².